The molecule has 21 heavy (non-hydrogen) atoms. The molecule has 1 aromatic heterocycles. The fourth-order valence-corrected chi connectivity index (χ4v) is 3.51. The normalized spacial score (nSPS) is 20.6. The van der Waals surface area contributed by atoms with Crippen LogP contribution in [0, 0.1) is 0 Å². The van der Waals surface area contributed by atoms with Crippen molar-refractivity contribution in [1.29, 1.82) is 0 Å². The van der Waals surface area contributed by atoms with Crippen LogP contribution < -0.4 is 9.80 Å². The smallest absolute Gasteiger partial charge is 0.231 e. The summed E-state index contributed by atoms with van der Waals surface area (Å²) in [6.07, 6.45) is 10.1. The maximum atomic E-state index is 6.14. The molecule has 0 unspecified atom stereocenters. The maximum Gasteiger partial charge on any atom is 0.231 e. The fourth-order valence-electron chi connectivity index (χ4n) is 3.35. The van der Waals surface area contributed by atoms with Gasteiger partial charge in [0.15, 0.2) is 0 Å². The Morgan fingerprint density at radius 1 is 0.952 bits per heavy atom. The zero-order valence-corrected chi connectivity index (χ0v) is 13.5. The molecule has 1 saturated carbocycles. The Kier molecular flexibility index (Phi) is 4.78. The minimum absolute atomic E-state index is 0.309. The number of hydrogen-bond acceptors (Lipinski definition) is 5. The minimum atomic E-state index is 0.309. The second-order valence-electron chi connectivity index (χ2n) is 6.15. The van der Waals surface area contributed by atoms with Crippen LogP contribution >= 0.6 is 11.6 Å². The molecule has 0 amide bonds. The lowest BCUT2D eigenvalue weighted by atomic mass is 9.95. The zero-order valence-electron chi connectivity index (χ0n) is 12.8. The van der Waals surface area contributed by atoms with E-state index in [1.165, 1.54) is 51.4 Å². The molecule has 2 aliphatic rings. The molecular formula is C15H24ClN5. The predicted molar refractivity (Wildman–Crippen MR) is 86.2 cm³/mol. The quantitative estimate of drug-likeness (QED) is 0.857. The van der Waals surface area contributed by atoms with Gasteiger partial charge in [0.05, 0.1) is 0 Å². The summed E-state index contributed by atoms with van der Waals surface area (Å²) < 4.78 is 0. The van der Waals surface area contributed by atoms with E-state index < -0.39 is 0 Å². The standard InChI is InChI=1S/C15H24ClN5/c1-20(12-8-4-2-5-9-12)14-17-13(16)18-15(19-14)21-10-6-3-7-11-21/h12H,2-11H2,1H3. The van der Waals surface area contributed by atoms with E-state index in [1.54, 1.807) is 0 Å². The van der Waals surface area contributed by atoms with Gasteiger partial charge < -0.3 is 9.80 Å². The molecule has 0 aromatic carbocycles. The predicted octanol–water partition coefficient (Wildman–Crippen LogP) is 3.28. The Morgan fingerprint density at radius 2 is 1.62 bits per heavy atom. The molecule has 116 valence electrons. The van der Waals surface area contributed by atoms with Crippen molar-refractivity contribution in [3.8, 4) is 0 Å². The summed E-state index contributed by atoms with van der Waals surface area (Å²) in [6, 6.07) is 0.534. The lowest BCUT2D eigenvalue weighted by molar-refractivity contribution is 0.423. The molecule has 1 saturated heterocycles. The molecule has 0 N–H and O–H groups in total. The molecule has 1 aliphatic heterocycles. The van der Waals surface area contributed by atoms with Crippen molar-refractivity contribution in [3.63, 3.8) is 0 Å². The molecule has 0 radical (unpaired) electrons. The number of hydrogen-bond donors (Lipinski definition) is 0. The lowest BCUT2D eigenvalue weighted by Gasteiger charge is -2.32. The van der Waals surface area contributed by atoms with Crippen LogP contribution in [0.4, 0.5) is 11.9 Å². The van der Waals surface area contributed by atoms with Gasteiger partial charge in [0, 0.05) is 26.2 Å². The van der Waals surface area contributed by atoms with Gasteiger partial charge in [0.1, 0.15) is 0 Å². The van der Waals surface area contributed by atoms with Crippen LogP contribution in [0.1, 0.15) is 51.4 Å². The second-order valence-corrected chi connectivity index (χ2v) is 6.49. The third-order valence-electron chi connectivity index (χ3n) is 4.66. The van der Waals surface area contributed by atoms with Gasteiger partial charge in [-0.2, -0.15) is 15.0 Å². The Balaban J connectivity index is 1.79. The van der Waals surface area contributed by atoms with Crippen molar-refractivity contribution < 1.29 is 0 Å². The summed E-state index contributed by atoms with van der Waals surface area (Å²) in [7, 11) is 2.08. The van der Waals surface area contributed by atoms with E-state index in [0.717, 1.165) is 25.0 Å². The Hall–Kier alpha value is -1.10. The molecule has 1 aromatic rings. The first-order valence-electron chi connectivity index (χ1n) is 8.13. The van der Waals surface area contributed by atoms with Crippen LogP contribution in [0.5, 0.6) is 0 Å². The van der Waals surface area contributed by atoms with Crippen LogP contribution in [-0.2, 0) is 0 Å². The number of piperidine rings is 1. The van der Waals surface area contributed by atoms with Gasteiger partial charge >= 0.3 is 0 Å². The van der Waals surface area contributed by atoms with Crippen molar-refractivity contribution in [1.82, 2.24) is 15.0 Å². The highest BCUT2D eigenvalue weighted by Crippen LogP contribution is 2.26. The summed E-state index contributed by atoms with van der Waals surface area (Å²) in [5.74, 6) is 1.47. The van der Waals surface area contributed by atoms with E-state index in [2.05, 4.69) is 31.8 Å². The van der Waals surface area contributed by atoms with Crippen molar-refractivity contribution in [2.24, 2.45) is 0 Å². The average Bonchev–Trinajstić information content (AvgIpc) is 2.55. The molecule has 5 nitrogen and oxygen atoms in total. The first kappa shape index (κ1) is 14.8. The van der Waals surface area contributed by atoms with Crippen molar-refractivity contribution in [2.75, 3.05) is 29.9 Å². The Morgan fingerprint density at radius 3 is 2.33 bits per heavy atom. The molecule has 6 heteroatoms. The summed E-state index contributed by atoms with van der Waals surface area (Å²) in [5.41, 5.74) is 0. The van der Waals surface area contributed by atoms with Crippen LogP contribution in [0.25, 0.3) is 0 Å². The Labute approximate surface area is 131 Å². The summed E-state index contributed by atoms with van der Waals surface area (Å²) in [6.45, 7) is 2.04. The Bertz CT molecular complexity index is 469. The highest BCUT2D eigenvalue weighted by atomic mass is 35.5. The number of rotatable bonds is 3. The van der Waals surface area contributed by atoms with E-state index in [-0.39, 0.29) is 0 Å². The van der Waals surface area contributed by atoms with E-state index >= 15 is 0 Å². The van der Waals surface area contributed by atoms with Gasteiger partial charge in [-0.15, -0.1) is 0 Å². The van der Waals surface area contributed by atoms with E-state index in [9.17, 15) is 0 Å². The maximum absolute atomic E-state index is 6.14. The number of anilines is 2. The first-order chi connectivity index (χ1) is 10.2. The zero-order chi connectivity index (χ0) is 14.7. The van der Waals surface area contributed by atoms with E-state index in [1.807, 2.05) is 0 Å². The van der Waals surface area contributed by atoms with Crippen molar-refractivity contribution in [2.45, 2.75) is 57.4 Å². The van der Waals surface area contributed by atoms with Gasteiger partial charge in [-0.3, -0.25) is 0 Å². The fraction of sp³-hybridized carbons (Fsp3) is 0.800. The van der Waals surface area contributed by atoms with Gasteiger partial charge in [0.2, 0.25) is 17.2 Å². The largest absolute Gasteiger partial charge is 0.341 e. The van der Waals surface area contributed by atoms with Crippen molar-refractivity contribution >= 4 is 23.5 Å². The van der Waals surface area contributed by atoms with Crippen LogP contribution in [0.15, 0.2) is 0 Å². The first-order valence-corrected chi connectivity index (χ1v) is 8.51. The number of nitrogens with zero attached hydrogens (tertiary/aromatic N) is 5. The summed E-state index contributed by atoms with van der Waals surface area (Å²) in [5, 5.41) is 0.309. The van der Waals surface area contributed by atoms with Gasteiger partial charge in [0.25, 0.3) is 0 Å². The molecular weight excluding hydrogens is 286 g/mol. The highest BCUT2D eigenvalue weighted by Gasteiger charge is 2.22. The molecule has 0 bridgehead atoms. The minimum Gasteiger partial charge on any atom is -0.341 e. The topological polar surface area (TPSA) is 45.2 Å². The number of halogens is 1. The monoisotopic (exact) mass is 309 g/mol. The van der Waals surface area contributed by atoms with Gasteiger partial charge in [-0.05, 0) is 43.7 Å². The highest BCUT2D eigenvalue weighted by molar-refractivity contribution is 6.28. The molecule has 3 rings (SSSR count). The lowest BCUT2D eigenvalue weighted by Crippen LogP contribution is -2.36. The SMILES string of the molecule is CN(c1nc(Cl)nc(N2CCCCC2)n1)C1CCCCC1. The average molecular weight is 310 g/mol. The number of aromatic nitrogens is 3. The van der Waals surface area contributed by atoms with Crippen LogP contribution in [-0.4, -0.2) is 41.1 Å². The van der Waals surface area contributed by atoms with E-state index in [4.69, 9.17) is 11.6 Å². The van der Waals surface area contributed by atoms with E-state index in [0.29, 0.717) is 11.3 Å². The molecule has 2 fully saturated rings. The third kappa shape index (κ3) is 3.57. The van der Waals surface area contributed by atoms with Crippen LogP contribution in [0.2, 0.25) is 5.28 Å². The second kappa shape index (κ2) is 6.77. The molecule has 0 spiro atoms. The third-order valence-corrected chi connectivity index (χ3v) is 4.83. The summed E-state index contributed by atoms with van der Waals surface area (Å²) >= 11 is 6.14. The van der Waals surface area contributed by atoms with Gasteiger partial charge in [-0.1, -0.05) is 19.3 Å². The molecule has 2 heterocycles. The van der Waals surface area contributed by atoms with Crippen molar-refractivity contribution in [3.05, 3.63) is 5.28 Å². The van der Waals surface area contributed by atoms with Crippen LogP contribution in [0.3, 0.4) is 0 Å². The molecule has 0 atom stereocenters. The summed E-state index contributed by atoms with van der Waals surface area (Å²) in [4.78, 5) is 17.8. The van der Waals surface area contributed by atoms with Gasteiger partial charge in [-0.25, -0.2) is 0 Å². The molecule has 1 aliphatic carbocycles.